The van der Waals surface area contributed by atoms with Crippen LogP contribution in [0.1, 0.15) is 104 Å². The summed E-state index contributed by atoms with van der Waals surface area (Å²) in [4.78, 5) is 0. The molecule has 0 aromatic rings. The molecule has 1 heteroatoms. The maximum atomic E-state index is 2.35. The van der Waals surface area contributed by atoms with E-state index in [1.54, 1.807) is 0 Å². The molecule has 0 atom stereocenters. The molecule has 0 amide bonds. The van der Waals surface area contributed by atoms with Crippen molar-refractivity contribution in [1.82, 2.24) is 0 Å². The highest BCUT2D eigenvalue weighted by Crippen LogP contribution is 2.22. The van der Waals surface area contributed by atoms with Crippen LogP contribution in [0.25, 0.3) is 0 Å². The van der Waals surface area contributed by atoms with Crippen LogP contribution in [0.3, 0.4) is 0 Å². The van der Waals surface area contributed by atoms with E-state index in [0.29, 0.717) is 0 Å². The van der Waals surface area contributed by atoms with Crippen LogP contribution < -0.4 is 0 Å². The Bertz CT molecular complexity index is 218. The van der Waals surface area contributed by atoms with Gasteiger partial charge in [-0.25, -0.2) is 0 Å². The minimum absolute atomic E-state index is 1.37. The molecule has 0 radical (unpaired) electrons. The summed E-state index contributed by atoms with van der Waals surface area (Å²) in [6.07, 6.45) is 20.5. The highest BCUT2D eigenvalue weighted by atomic mass is 15.3. The van der Waals surface area contributed by atoms with Gasteiger partial charge in [0, 0.05) is 0 Å². The second-order valence-corrected chi connectivity index (χ2v) is 7.48. The van der Waals surface area contributed by atoms with Gasteiger partial charge < -0.3 is 4.48 Å². The predicted molar refractivity (Wildman–Crippen MR) is 95.7 cm³/mol. The third-order valence-corrected chi connectivity index (χ3v) is 5.49. The molecule has 0 spiro atoms. The van der Waals surface area contributed by atoms with Crippen molar-refractivity contribution >= 4 is 0 Å². The first-order valence-corrected chi connectivity index (χ1v) is 10.2. The molecule has 0 aromatic heterocycles. The highest BCUT2D eigenvalue weighted by molar-refractivity contribution is 4.56. The Labute approximate surface area is 135 Å². The number of rotatable bonds is 13. The lowest BCUT2D eigenvalue weighted by Crippen LogP contribution is -2.52. The van der Waals surface area contributed by atoms with Crippen molar-refractivity contribution in [2.75, 3.05) is 26.2 Å². The molecule has 126 valence electrons. The number of unbranched alkanes of at least 4 members (excludes halogenated alkanes) is 9. The minimum Gasteiger partial charge on any atom is -0.324 e. The summed E-state index contributed by atoms with van der Waals surface area (Å²) in [6, 6.07) is 0. The van der Waals surface area contributed by atoms with Gasteiger partial charge in [0.25, 0.3) is 0 Å². The van der Waals surface area contributed by atoms with Gasteiger partial charge in [-0.3, -0.25) is 0 Å². The minimum atomic E-state index is 1.37. The third kappa shape index (κ3) is 8.86. The Balaban J connectivity index is 2.04. The number of nitrogens with zero attached hydrogens (tertiary/aromatic N) is 1. The van der Waals surface area contributed by atoms with Crippen molar-refractivity contribution in [3.05, 3.63) is 0 Å². The average molecular weight is 297 g/mol. The van der Waals surface area contributed by atoms with Crippen LogP contribution in [-0.4, -0.2) is 30.7 Å². The molecule has 1 aliphatic heterocycles. The lowest BCUT2D eigenvalue weighted by molar-refractivity contribution is -0.932. The van der Waals surface area contributed by atoms with E-state index in [4.69, 9.17) is 0 Å². The standard InChI is InChI=1S/C20H42N/c1-3-5-7-8-9-10-11-12-14-18-21(17-6-4-2)19-15-13-16-20-21/h3-20H2,1-2H3/q+1. The van der Waals surface area contributed by atoms with Gasteiger partial charge in [0.2, 0.25) is 0 Å². The van der Waals surface area contributed by atoms with Crippen LogP contribution in [0.5, 0.6) is 0 Å². The summed E-state index contributed by atoms with van der Waals surface area (Å²) >= 11 is 0. The fourth-order valence-electron chi connectivity index (χ4n) is 3.99. The first-order valence-electron chi connectivity index (χ1n) is 10.2. The summed E-state index contributed by atoms with van der Waals surface area (Å²) in [5.74, 6) is 0. The fraction of sp³-hybridized carbons (Fsp3) is 1.00. The summed E-state index contributed by atoms with van der Waals surface area (Å²) in [7, 11) is 0. The van der Waals surface area contributed by atoms with Crippen molar-refractivity contribution in [3.8, 4) is 0 Å². The molecule has 0 aliphatic carbocycles. The van der Waals surface area contributed by atoms with Gasteiger partial charge in [0.15, 0.2) is 0 Å². The van der Waals surface area contributed by atoms with E-state index in [-0.39, 0.29) is 0 Å². The highest BCUT2D eigenvalue weighted by Gasteiger charge is 2.28. The average Bonchev–Trinajstić information content (AvgIpc) is 2.52. The molecule has 1 saturated heterocycles. The number of piperidine rings is 1. The molecule has 21 heavy (non-hydrogen) atoms. The van der Waals surface area contributed by atoms with Crippen molar-refractivity contribution in [2.45, 2.75) is 104 Å². The lowest BCUT2D eigenvalue weighted by atomic mass is 10.0. The second-order valence-electron chi connectivity index (χ2n) is 7.48. The Morgan fingerprint density at radius 2 is 1.00 bits per heavy atom. The fourth-order valence-corrected chi connectivity index (χ4v) is 3.99. The van der Waals surface area contributed by atoms with Crippen molar-refractivity contribution in [2.24, 2.45) is 0 Å². The molecule has 0 bridgehead atoms. The molecule has 0 saturated carbocycles. The quantitative estimate of drug-likeness (QED) is 0.275. The van der Waals surface area contributed by atoms with Crippen LogP contribution in [0.2, 0.25) is 0 Å². The normalized spacial score (nSPS) is 18.0. The summed E-state index contributed by atoms with van der Waals surface area (Å²) in [6.45, 7) is 10.6. The van der Waals surface area contributed by atoms with E-state index in [1.165, 1.54) is 121 Å². The Hall–Kier alpha value is -0.0400. The van der Waals surface area contributed by atoms with Gasteiger partial charge in [-0.05, 0) is 38.5 Å². The Kier molecular flexibility index (Phi) is 11.3. The smallest absolute Gasteiger partial charge is 0.0786 e. The first-order chi connectivity index (χ1) is 10.3. The molecule has 0 aromatic carbocycles. The van der Waals surface area contributed by atoms with Gasteiger partial charge in [-0.1, -0.05) is 65.2 Å². The van der Waals surface area contributed by atoms with Crippen LogP contribution >= 0.6 is 0 Å². The molecular weight excluding hydrogens is 254 g/mol. The Morgan fingerprint density at radius 3 is 1.57 bits per heavy atom. The SMILES string of the molecule is CCCCCCCCCCC[N+]1(CCCC)CCCCC1. The van der Waals surface area contributed by atoms with E-state index >= 15 is 0 Å². The lowest BCUT2D eigenvalue weighted by Gasteiger charge is -2.42. The zero-order valence-electron chi connectivity index (χ0n) is 15.2. The predicted octanol–water partition coefficient (Wildman–Crippen LogP) is 6.32. The molecule has 1 fully saturated rings. The largest absolute Gasteiger partial charge is 0.324 e. The number of likely N-dealkylation sites (tertiary alicyclic amines) is 1. The van der Waals surface area contributed by atoms with E-state index in [0.717, 1.165) is 0 Å². The molecule has 0 unspecified atom stereocenters. The maximum absolute atomic E-state index is 2.35. The second kappa shape index (κ2) is 12.5. The zero-order chi connectivity index (χ0) is 15.2. The molecular formula is C20H42N+. The number of quaternary nitrogens is 1. The van der Waals surface area contributed by atoms with Gasteiger partial charge >= 0.3 is 0 Å². The van der Waals surface area contributed by atoms with E-state index < -0.39 is 0 Å². The van der Waals surface area contributed by atoms with Crippen LogP contribution in [0.4, 0.5) is 0 Å². The topological polar surface area (TPSA) is 0 Å². The summed E-state index contributed by atoms with van der Waals surface area (Å²) in [5.41, 5.74) is 0. The molecule has 1 heterocycles. The van der Waals surface area contributed by atoms with Crippen LogP contribution in [0.15, 0.2) is 0 Å². The summed E-state index contributed by atoms with van der Waals surface area (Å²) in [5, 5.41) is 0. The monoisotopic (exact) mass is 296 g/mol. The third-order valence-electron chi connectivity index (χ3n) is 5.49. The van der Waals surface area contributed by atoms with Crippen LogP contribution in [0, 0.1) is 0 Å². The van der Waals surface area contributed by atoms with Crippen molar-refractivity contribution in [1.29, 1.82) is 0 Å². The van der Waals surface area contributed by atoms with E-state index in [1.807, 2.05) is 0 Å². The molecule has 1 aliphatic rings. The van der Waals surface area contributed by atoms with Gasteiger partial charge in [0.1, 0.15) is 0 Å². The van der Waals surface area contributed by atoms with Crippen molar-refractivity contribution < 1.29 is 4.48 Å². The summed E-state index contributed by atoms with van der Waals surface area (Å²) < 4.78 is 1.48. The van der Waals surface area contributed by atoms with Crippen LogP contribution in [-0.2, 0) is 0 Å². The molecule has 1 rings (SSSR count). The number of hydrogen-bond donors (Lipinski definition) is 0. The molecule has 1 nitrogen and oxygen atoms in total. The van der Waals surface area contributed by atoms with Gasteiger partial charge in [0.05, 0.1) is 26.2 Å². The zero-order valence-corrected chi connectivity index (χ0v) is 15.2. The first kappa shape index (κ1) is 19.0. The van der Waals surface area contributed by atoms with E-state index in [9.17, 15) is 0 Å². The van der Waals surface area contributed by atoms with Crippen molar-refractivity contribution in [3.63, 3.8) is 0 Å². The van der Waals surface area contributed by atoms with Gasteiger partial charge in [-0.2, -0.15) is 0 Å². The maximum Gasteiger partial charge on any atom is 0.0786 e. The van der Waals surface area contributed by atoms with E-state index in [2.05, 4.69) is 13.8 Å². The number of hydrogen-bond acceptors (Lipinski definition) is 0. The van der Waals surface area contributed by atoms with Gasteiger partial charge in [-0.15, -0.1) is 0 Å². The Morgan fingerprint density at radius 1 is 0.524 bits per heavy atom. The molecule has 0 N–H and O–H groups in total.